The third-order valence-electron chi connectivity index (χ3n) is 3.99. The van der Waals surface area contributed by atoms with Crippen LogP contribution in [-0.4, -0.2) is 29.3 Å². The third-order valence-corrected chi connectivity index (χ3v) is 3.99. The van der Waals surface area contributed by atoms with Gasteiger partial charge < -0.3 is 10.6 Å². The first-order chi connectivity index (χ1) is 7.52. The summed E-state index contributed by atoms with van der Waals surface area (Å²) in [5.41, 5.74) is 5.08. The summed E-state index contributed by atoms with van der Waals surface area (Å²) < 4.78 is 0. The molecule has 0 aromatic heterocycles. The molecule has 1 aliphatic heterocycles. The van der Waals surface area contributed by atoms with E-state index in [2.05, 4.69) is 0 Å². The van der Waals surface area contributed by atoms with Crippen molar-refractivity contribution >= 4 is 11.8 Å². The molecule has 0 aliphatic carbocycles. The van der Waals surface area contributed by atoms with Gasteiger partial charge in [0.25, 0.3) is 0 Å². The highest BCUT2D eigenvalue weighted by molar-refractivity contribution is 5.90. The Morgan fingerprint density at radius 1 is 1.44 bits per heavy atom. The second-order valence-corrected chi connectivity index (χ2v) is 4.56. The summed E-state index contributed by atoms with van der Waals surface area (Å²) in [6, 6.07) is -0.424. The smallest absolute Gasteiger partial charge is 0.240 e. The van der Waals surface area contributed by atoms with Gasteiger partial charge in [0.2, 0.25) is 11.8 Å². The van der Waals surface area contributed by atoms with Gasteiger partial charge in [0.1, 0.15) is 6.04 Å². The van der Waals surface area contributed by atoms with Crippen molar-refractivity contribution in [1.82, 2.24) is 4.90 Å². The van der Waals surface area contributed by atoms with Crippen molar-refractivity contribution in [3.05, 3.63) is 0 Å². The van der Waals surface area contributed by atoms with Gasteiger partial charge in [0.15, 0.2) is 0 Å². The Bertz CT molecular complexity index is 285. The van der Waals surface area contributed by atoms with E-state index in [-0.39, 0.29) is 17.2 Å². The minimum atomic E-state index is -0.424. The second kappa shape index (κ2) is 4.85. The van der Waals surface area contributed by atoms with Crippen molar-refractivity contribution in [1.29, 1.82) is 0 Å². The molecule has 92 valence electrons. The number of nitrogens with zero attached hydrogens (tertiary/aromatic N) is 1. The number of likely N-dealkylation sites (tertiary alicyclic amines) is 1. The SMILES string of the molecule is CC[C@@H](C(N)=O)N1CCC(CC)(CC)C1=O. The Labute approximate surface area is 97.2 Å². The maximum Gasteiger partial charge on any atom is 0.240 e. The summed E-state index contributed by atoms with van der Waals surface area (Å²) in [7, 11) is 0. The molecule has 2 N–H and O–H groups in total. The van der Waals surface area contributed by atoms with Gasteiger partial charge in [0, 0.05) is 6.54 Å². The van der Waals surface area contributed by atoms with Crippen molar-refractivity contribution in [2.75, 3.05) is 6.54 Å². The van der Waals surface area contributed by atoms with E-state index in [1.165, 1.54) is 0 Å². The van der Waals surface area contributed by atoms with Gasteiger partial charge >= 0.3 is 0 Å². The lowest BCUT2D eigenvalue weighted by atomic mass is 9.81. The van der Waals surface area contributed by atoms with Crippen LogP contribution in [0.15, 0.2) is 0 Å². The first-order valence-corrected chi connectivity index (χ1v) is 6.12. The minimum Gasteiger partial charge on any atom is -0.368 e. The van der Waals surface area contributed by atoms with E-state index in [0.717, 1.165) is 19.3 Å². The Morgan fingerprint density at radius 2 is 2.00 bits per heavy atom. The fourth-order valence-electron chi connectivity index (χ4n) is 2.63. The van der Waals surface area contributed by atoms with Crippen LogP contribution in [0.25, 0.3) is 0 Å². The largest absolute Gasteiger partial charge is 0.368 e. The van der Waals surface area contributed by atoms with Crippen LogP contribution in [0.4, 0.5) is 0 Å². The molecule has 1 saturated heterocycles. The van der Waals surface area contributed by atoms with Crippen LogP contribution in [-0.2, 0) is 9.59 Å². The van der Waals surface area contributed by atoms with Crippen LogP contribution in [0, 0.1) is 5.41 Å². The average Bonchev–Trinajstić information content (AvgIpc) is 2.58. The molecule has 0 radical (unpaired) electrons. The monoisotopic (exact) mass is 226 g/mol. The number of amides is 2. The third kappa shape index (κ3) is 1.93. The molecule has 16 heavy (non-hydrogen) atoms. The van der Waals surface area contributed by atoms with Gasteiger partial charge in [-0.2, -0.15) is 0 Å². The lowest BCUT2D eigenvalue weighted by Gasteiger charge is -2.28. The molecular weight excluding hydrogens is 204 g/mol. The van der Waals surface area contributed by atoms with E-state index >= 15 is 0 Å². The van der Waals surface area contributed by atoms with Gasteiger partial charge in [-0.1, -0.05) is 20.8 Å². The van der Waals surface area contributed by atoms with E-state index in [4.69, 9.17) is 5.73 Å². The van der Waals surface area contributed by atoms with Crippen LogP contribution in [0.1, 0.15) is 46.5 Å². The minimum absolute atomic E-state index is 0.114. The van der Waals surface area contributed by atoms with E-state index in [0.29, 0.717) is 13.0 Å². The molecule has 1 atom stereocenters. The summed E-state index contributed by atoms with van der Waals surface area (Å²) in [5, 5.41) is 0. The molecule has 0 unspecified atom stereocenters. The normalized spacial score (nSPS) is 21.2. The highest BCUT2D eigenvalue weighted by Gasteiger charge is 2.46. The van der Waals surface area contributed by atoms with E-state index in [1.54, 1.807) is 4.90 Å². The van der Waals surface area contributed by atoms with Crippen LogP contribution in [0.2, 0.25) is 0 Å². The second-order valence-electron chi connectivity index (χ2n) is 4.56. The number of carbonyl (C=O) groups excluding carboxylic acids is 2. The average molecular weight is 226 g/mol. The lowest BCUT2D eigenvalue weighted by Crippen LogP contribution is -2.47. The molecule has 0 spiro atoms. The standard InChI is InChI=1S/C12H22N2O2/c1-4-9(10(13)15)14-8-7-12(5-2,6-3)11(14)16/h9H,4-8H2,1-3H3,(H2,13,15)/t9-/m0/s1. The predicted molar refractivity (Wildman–Crippen MR) is 62.6 cm³/mol. The topological polar surface area (TPSA) is 63.4 Å². The Balaban J connectivity index is 2.88. The Hall–Kier alpha value is -1.06. The maximum atomic E-state index is 12.3. The number of primary amides is 1. The predicted octanol–water partition coefficient (Wildman–Crippen LogP) is 1.29. The summed E-state index contributed by atoms with van der Waals surface area (Å²) >= 11 is 0. The summed E-state index contributed by atoms with van der Waals surface area (Å²) in [5.74, 6) is -0.276. The zero-order valence-electron chi connectivity index (χ0n) is 10.5. The molecule has 1 rings (SSSR count). The first kappa shape index (κ1) is 13.0. The number of rotatable bonds is 5. The van der Waals surface area contributed by atoms with Crippen molar-refractivity contribution < 1.29 is 9.59 Å². The lowest BCUT2D eigenvalue weighted by molar-refractivity contribution is -0.142. The van der Waals surface area contributed by atoms with Gasteiger partial charge in [-0.3, -0.25) is 9.59 Å². The number of carbonyl (C=O) groups is 2. The Kier molecular flexibility index (Phi) is 3.94. The molecule has 0 aromatic rings. The van der Waals surface area contributed by atoms with Crippen molar-refractivity contribution in [3.63, 3.8) is 0 Å². The molecular formula is C12H22N2O2. The van der Waals surface area contributed by atoms with Crippen molar-refractivity contribution in [2.24, 2.45) is 11.1 Å². The number of hydrogen-bond donors (Lipinski definition) is 1. The van der Waals surface area contributed by atoms with Gasteiger partial charge in [-0.15, -0.1) is 0 Å². The van der Waals surface area contributed by atoms with Gasteiger partial charge in [-0.05, 0) is 25.7 Å². The van der Waals surface area contributed by atoms with E-state index < -0.39 is 6.04 Å². The first-order valence-electron chi connectivity index (χ1n) is 6.12. The van der Waals surface area contributed by atoms with Crippen LogP contribution in [0.3, 0.4) is 0 Å². The highest BCUT2D eigenvalue weighted by atomic mass is 16.2. The van der Waals surface area contributed by atoms with Gasteiger partial charge in [0.05, 0.1) is 5.41 Å². The Morgan fingerprint density at radius 3 is 2.31 bits per heavy atom. The van der Waals surface area contributed by atoms with Crippen LogP contribution in [0.5, 0.6) is 0 Å². The molecule has 1 fully saturated rings. The molecule has 4 nitrogen and oxygen atoms in total. The van der Waals surface area contributed by atoms with Gasteiger partial charge in [-0.25, -0.2) is 0 Å². The molecule has 0 bridgehead atoms. The summed E-state index contributed by atoms with van der Waals surface area (Å²) in [6.07, 6.45) is 3.13. The molecule has 4 heteroatoms. The quantitative estimate of drug-likeness (QED) is 0.767. The fourth-order valence-corrected chi connectivity index (χ4v) is 2.63. The molecule has 2 amide bonds. The van der Waals surface area contributed by atoms with Crippen LogP contribution < -0.4 is 5.73 Å². The highest BCUT2D eigenvalue weighted by Crippen LogP contribution is 2.39. The zero-order chi connectivity index (χ0) is 12.3. The molecule has 1 heterocycles. The fraction of sp³-hybridized carbons (Fsp3) is 0.833. The van der Waals surface area contributed by atoms with Crippen molar-refractivity contribution in [2.45, 2.75) is 52.5 Å². The molecule has 0 aromatic carbocycles. The zero-order valence-corrected chi connectivity index (χ0v) is 10.5. The maximum absolute atomic E-state index is 12.3. The number of hydrogen-bond acceptors (Lipinski definition) is 2. The summed E-state index contributed by atoms with van der Waals surface area (Å²) in [6.45, 7) is 6.63. The molecule has 0 saturated carbocycles. The van der Waals surface area contributed by atoms with E-state index in [9.17, 15) is 9.59 Å². The van der Waals surface area contributed by atoms with E-state index in [1.807, 2.05) is 20.8 Å². The molecule has 1 aliphatic rings. The van der Waals surface area contributed by atoms with Crippen molar-refractivity contribution in [3.8, 4) is 0 Å². The van der Waals surface area contributed by atoms with Crippen LogP contribution >= 0.6 is 0 Å². The number of nitrogens with two attached hydrogens (primary N) is 1. The summed E-state index contributed by atoms with van der Waals surface area (Å²) in [4.78, 5) is 25.3.